The SMILES string of the molecule is C[C@H](NC(=O)CC[C@@H](C)C1CC[C@H]2[C@@H]3[C@@H](O)C[C@@H]4C[C@H](O)CC[C@]4(C)[C@H]3CC[C@]12C)C(=O)NO. The van der Waals surface area contributed by atoms with Gasteiger partial charge < -0.3 is 15.5 Å². The Morgan fingerprint density at radius 3 is 2.35 bits per heavy atom. The van der Waals surface area contributed by atoms with Gasteiger partial charge in [0.2, 0.25) is 5.91 Å². The van der Waals surface area contributed by atoms with Crippen molar-refractivity contribution >= 4 is 11.8 Å². The molecule has 7 heteroatoms. The van der Waals surface area contributed by atoms with Gasteiger partial charge in [-0.2, -0.15) is 0 Å². The summed E-state index contributed by atoms with van der Waals surface area (Å²) in [4.78, 5) is 23.8. The Morgan fingerprint density at radius 1 is 0.971 bits per heavy atom. The minimum Gasteiger partial charge on any atom is -0.393 e. The number of aliphatic hydroxyl groups excluding tert-OH is 2. The van der Waals surface area contributed by atoms with Gasteiger partial charge in [0.05, 0.1) is 12.2 Å². The summed E-state index contributed by atoms with van der Waals surface area (Å²) >= 11 is 0. The minimum absolute atomic E-state index is 0.160. The molecule has 1 unspecified atom stereocenters. The predicted molar refractivity (Wildman–Crippen MR) is 129 cm³/mol. The lowest BCUT2D eigenvalue weighted by Gasteiger charge is -2.62. The molecule has 2 amide bonds. The number of amides is 2. The average molecular weight is 479 g/mol. The van der Waals surface area contributed by atoms with E-state index < -0.39 is 11.9 Å². The molecular formula is C27H46N2O5. The molecule has 0 spiro atoms. The summed E-state index contributed by atoms with van der Waals surface area (Å²) in [6, 6.07) is -0.754. The van der Waals surface area contributed by atoms with Gasteiger partial charge in [-0.05, 0) is 111 Å². The van der Waals surface area contributed by atoms with Crippen LogP contribution >= 0.6 is 0 Å². The van der Waals surface area contributed by atoms with Gasteiger partial charge in [0.25, 0.3) is 5.91 Å². The third-order valence-electron chi connectivity index (χ3n) is 11.1. The summed E-state index contributed by atoms with van der Waals surface area (Å²) in [7, 11) is 0. The zero-order valence-corrected chi connectivity index (χ0v) is 21.4. The molecule has 4 aliphatic carbocycles. The van der Waals surface area contributed by atoms with Crippen LogP contribution in [0.2, 0.25) is 0 Å². The predicted octanol–water partition coefficient (Wildman–Crippen LogP) is 3.40. The molecule has 4 saturated carbocycles. The van der Waals surface area contributed by atoms with Crippen LogP contribution in [0, 0.1) is 46.3 Å². The summed E-state index contributed by atoms with van der Waals surface area (Å²) < 4.78 is 0. The highest BCUT2D eigenvalue weighted by atomic mass is 16.5. The van der Waals surface area contributed by atoms with E-state index in [1.807, 2.05) is 0 Å². The fourth-order valence-corrected chi connectivity index (χ4v) is 9.21. The van der Waals surface area contributed by atoms with E-state index in [0.29, 0.717) is 41.9 Å². The number of hydroxylamine groups is 1. The van der Waals surface area contributed by atoms with Crippen molar-refractivity contribution in [3.63, 3.8) is 0 Å². The Morgan fingerprint density at radius 2 is 1.65 bits per heavy atom. The van der Waals surface area contributed by atoms with Crippen LogP contribution in [0.4, 0.5) is 0 Å². The molecule has 34 heavy (non-hydrogen) atoms. The second-order valence-corrected chi connectivity index (χ2v) is 12.7. The van der Waals surface area contributed by atoms with Crippen molar-refractivity contribution in [1.29, 1.82) is 0 Å². The van der Waals surface area contributed by atoms with Crippen LogP contribution in [-0.4, -0.2) is 45.5 Å². The highest BCUT2D eigenvalue weighted by Crippen LogP contribution is 2.68. The Hall–Kier alpha value is -1.18. The number of carbonyl (C=O) groups excluding carboxylic acids is 2. The zero-order valence-electron chi connectivity index (χ0n) is 21.4. The van der Waals surface area contributed by atoms with E-state index in [1.54, 1.807) is 12.4 Å². The normalized spacial score (nSPS) is 45.3. The first-order valence-corrected chi connectivity index (χ1v) is 13.6. The molecular weight excluding hydrogens is 432 g/mol. The van der Waals surface area contributed by atoms with Crippen LogP contribution in [0.5, 0.6) is 0 Å². The Bertz CT molecular complexity index is 776. The minimum atomic E-state index is -0.754. The number of aliphatic hydroxyl groups is 2. The van der Waals surface area contributed by atoms with Gasteiger partial charge in [-0.1, -0.05) is 20.8 Å². The van der Waals surface area contributed by atoms with E-state index >= 15 is 0 Å². The number of hydrogen-bond donors (Lipinski definition) is 5. The maximum absolute atomic E-state index is 12.4. The van der Waals surface area contributed by atoms with Gasteiger partial charge in [0, 0.05) is 6.42 Å². The van der Waals surface area contributed by atoms with Crippen molar-refractivity contribution < 1.29 is 25.0 Å². The van der Waals surface area contributed by atoms with Crippen molar-refractivity contribution in [3.8, 4) is 0 Å². The summed E-state index contributed by atoms with van der Waals surface area (Å²) in [6.07, 6.45) is 9.00. The van der Waals surface area contributed by atoms with Gasteiger partial charge in [-0.25, -0.2) is 5.48 Å². The van der Waals surface area contributed by atoms with E-state index in [4.69, 9.17) is 5.21 Å². The van der Waals surface area contributed by atoms with Gasteiger partial charge in [-0.15, -0.1) is 0 Å². The molecule has 4 fully saturated rings. The Balaban J connectivity index is 1.41. The van der Waals surface area contributed by atoms with Crippen molar-refractivity contribution in [2.24, 2.45) is 46.3 Å². The molecule has 194 valence electrons. The molecule has 0 radical (unpaired) electrons. The van der Waals surface area contributed by atoms with E-state index in [1.165, 1.54) is 6.42 Å². The van der Waals surface area contributed by atoms with Crippen molar-refractivity contribution in [2.45, 2.75) is 110 Å². The van der Waals surface area contributed by atoms with Crippen LogP contribution in [0.15, 0.2) is 0 Å². The van der Waals surface area contributed by atoms with Crippen molar-refractivity contribution in [1.82, 2.24) is 10.8 Å². The second kappa shape index (κ2) is 9.70. The maximum atomic E-state index is 12.4. The average Bonchev–Trinajstić information content (AvgIpc) is 3.15. The monoisotopic (exact) mass is 478 g/mol. The first kappa shape index (κ1) is 25.9. The van der Waals surface area contributed by atoms with Crippen LogP contribution in [0.25, 0.3) is 0 Å². The third kappa shape index (κ3) is 4.41. The van der Waals surface area contributed by atoms with Crippen LogP contribution in [0.3, 0.4) is 0 Å². The molecule has 0 heterocycles. The molecule has 0 aliphatic heterocycles. The molecule has 0 aromatic carbocycles. The van der Waals surface area contributed by atoms with Crippen LogP contribution in [-0.2, 0) is 9.59 Å². The molecule has 7 nitrogen and oxygen atoms in total. The van der Waals surface area contributed by atoms with E-state index in [0.717, 1.165) is 51.4 Å². The quantitative estimate of drug-likeness (QED) is 0.296. The topological polar surface area (TPSA) is 119 Å². The maximum Gasteiger partial charge on any atom is 0.265 e. The lowest BCUT2D eigenvalue weighted by molar-refractivity contribution is -0.174. The zero-order chi connectivity index (χ0) is 24.8. The van der Waals surface area contributed by atoms with E-state index in [2.05, 4.69) is 26.1 Å². The number of carbonyl (C=O) groups is 2. The molecule has 5 N–H and O–H groups in total. The Kier molecular flexibility index (Phi) is 7.39. The van der Waals surface area contributed by atoms with Crippen LogP contribution < -0.4 is 10.8 Å². The summed E-state index contributed by atoms with van der Waals surface area (Å²) in [6.45, 7) is 8.71. The largest absolute Gasteiger partial charge is 0.393 e. The third-order valence-corrected chi connectivity index (χ3v) is 11.1. The van der Waals surface area contributed by atoms with E-state index in [9.17, 15) is 19.8 Å². The molecule has 0 bridgehead atoms. The molecule has 4 aliphatic rings. The number of rotatable bonds is 6. The molecule has 11 atom stereocenters. The second-order valence-electron chi connectivity index (χ2n) is 12.7. The number of nitrogens with one attached hydrogen (secondary N) is 2. The molecule has 0 saturated heterocycles. The summed E-state index contributed by atoms with van der Waals surface area (Å²) in [5.74, 6) is 2.02. The summed E-state index contributed by atoms with van der Waals surface area (Å²) in [5.41, 5.74) is 2.01. The van der Waals surface area contributed by atoms with Crippen LogP contribution in [0.1, 0.15) is 91.9 Å². The van der Waals surface area contributed by atoms with Gasteiger partial charge in [0.1, 0.15) is 6.04 Å². The molecule has 4 rings (SSSR count). The lowest BCUT2D eigenvalue weighted by Crippen LogP contribution is -2.58. The molecule has 0 aromatic heterocycles. The van der Waals surface area contributed by atoms with Gasteiger partial charge in [0.15, 0.2) is 0 Å². The van der Waals surface area contributed by atoms with Gasteiger partial charge in [-0.3, -0.25) is 14.8 Å². The summed E-state index contributed by atoms with van der Waals surface area (Å²) in [5, 5.41) is 33.0. The highest BCUT2D eigenvalue weighted by molar-refractivity contribution is 5.86. The highest BCUT2D eigenvalue weighted by Gasteiger charge is 2.62. The first-order valence-electron chi connectivity index (χ1n) is 13.6. The van der Waals surface area contributed by atoms with E-state index in [-0.39, 0.29) is 28.9 Å². The van der Waals surface area contributed by atoms with Gasteiger partial charge >= 0.3 is 0 Å². The number of fused-ring (bicyclic) bond motifs is 5. The molecule has 0 aromatic rings. The number of hydrogen-bond acceptors (Lipinski definition) is 5. The fraction of sp³-hybridized carbons (Fsp3) is 0.926. The van der Waals surface area contributed by atoms with Crippen molar-refractivity contribution in [3.05, 3.63) is 0 Å². The van der Waals surface area contributed by atoms with Crippen molar-refractivity contribution in [2.75, 3.05) is 0 Å². The lowest BCUT2D eigenvalue weighted by atomic mass is 9.43. The standard InChI is InChI=1S/C27H46N2O5/c1-15(5-8-23(32)28-16(2)25(33)29-34)19-6-7-20-24-21(10-12-27(19,20)4)26(3)11-9-18(30)13-17(26)14-22(24)31/h15-22,24,30-31,34H,5-14H2,1-4H3,(H,28,32)(H,29,33)/t15-,16+,17+,18-,19?,20+,21+,22+,24+,26+,27-/m1/s1. The first-order chi connectivity index (χ1) is 16.0. The fourth-order valence-electron chi connectivity index (χ4n) is 9.21. The smallest absolute Gasteiger partial charge is 0.265 e. The Labute approximate surface area is 204 Å².